The van der Waals surface area contributed by atoms with Crippen molar-refractivity contribution in [3.8, 4) is 0 Å². The lowest BCUT2D eigenvalue weighted by Gasteiger charge is -2.25. The van der Waals surface area contributed by atoms with Gasteiger partial charge in [0.15, 0.2) is 0 Å². The van der Waals surface area contributed by atoms with E-state index in [0.29, 0.717) is 6.42 Å². The predicted octanol–water partition coefficient (Wildman–Crippen LogP) is 1.08. The van der Waals surface area contributed by atoms with E-state index >= 15 is 0 Å². The number of aryl methyl sites for hydroxylation is 1. The largest absolute Gasteiger partial charge is 0.393 e. The van der Waals surface area contributed by atoms with Crippen molar-refractivity contribution in [1.82, 2.24) is 14.8 Å². The molecule has 1 rings (SSSR count). The summed E-state index contributed by atoms with van der Waals surface area (Å²) >= 11 is 0. The highest BCUT2D eigenvalue weighted by Crippen LogP contribution is 2.21. The van der Waals surface area contributed by atoms with Crippen LogP contribution >= 0.6 is 0 Å². The van der Waals surface area contributed by atoms with Crippen molar-refractivity contribution in [2.45, 2.75) is 39.8 Å². The van der Waals surface area contributed by atoms with Crippen LogP contribution in [0.2, 0.25) is 0 Å². The van der Waals surface area contributed by atoms with Crippen LogP contribution in [0.3, 0.4) is 0 Å². The molecule has 0 fully saturated rings. The number of rotatable bonds is 3. The molecule has 0 aliphatic heterocycles. The second-order valence-electron chi connectivity index (χ2n) is 4.33. The van der Waals surface area contributed by atoms with Gasteiger partial charge in [0.25, 0.3) is 0 Å². The number of aliphatic hydroxyl groups excluding tert-OH is 1. The highest BCUT2D eigenvalue weighted by molar-refractivity contribution is 4.72. The smallest absolute Gasteiger partial charge is 0.137 e. The third-order valence-corrected chi connectivity index (χ3v) is 2.10. The predicted molar refractivity (Wildman–Crippen MR) is 50.1 cm³/mol. The molecule has 0 bridgehead atoms. The Balaban J connectivity index is 2.35. The summed E-state index contributed by atoms with van der Waals surface area (Å²) in [6.07, 6.45) is 3.59. The van der Waals surface area contributed by atoms with Gasteiger partial charge in [0, 0.05) is 6.54 Å². The molecule has 0 radical (unpaired) electrons. The molecule has 0 spiro atoms. The van der Waals surface area contributed by atoms with Gasteiger partial charge in [0.05, 0.1) is 6.10 Å². The Hall–Kier alpha value is -0.900. The fraction of sp³-hybridized carbons (Fsp3) is 0.778. The first-order valence-corrected chi connectivity index (χ1v) is 4.50. The molecule has 13 heavy (non-hydrogen) atoms. The van der Waals surface area contributed by atoms with Gasteiger partial charge in [0.2, 0.25) is 0 Å². The van der Waals surface area contributed by atoms with Crippen molar-refractivity contribution in [2.24, 2.45) is 5.41 Å². The summed E-state index contributed by atoms with van der Waals surface area (Å²) < 4.78 is 1.73. The first kappa shape index (κ1) is 10.2. The standard InChI is InChI=1S/C9H17N3O/c1-9(2,3)8(13)4-5-12-7-10-6-11-12/h6-8,13H,4-5H2,1-3H3. The first-order chi connectivity index (χ1) is 6.00. The number of hydrogen-bond acceptors (Lipinski definition) is 3. The van der Waals surface area contributed by atoms with Crippen LogP contribution in [0.15, 0.2) is 12.7 Å². The molecule has 4 heteroatoms. The van der Waals surface area contributed by atoms with Gasteiger partial charge in [-0.2, -0.15) is 5.10 Å². The average Bonchev–Trinajstić information content (AvgIpc) is 2.50. The van der Waals surface area contributed by atoms with E-state index in [4.69, 9.17) is 0 Å². The zero-order chi connectivity index (χ0) is 9.90. The third-order valence-electron chi connectivity index (χ3n) is 2.10. The lowest BCUT2D eigenvalue weighted by molar-refractivity contribution is 0.0510. The van der Waals surface area contributed by atoms with Crippen LogP contribution in [-0.4, -0.2) is 26.0 Å². The van der Waals surface area contributed by atoms with Crippen molar-refractivity contribution in [1.29, 1.82) is 0 Å². The van der Waals surface area contributed by atoms with E-state index in [-0.39, 0.29) is 11.5 Å². The van der Waals surface area contributed by atoms with Gasteiger partial charge < -0.3 is 5.11 Å². The highest BCUT2D eigenvalue weighted by atomic mass is 16.3. The van der Waals surface area contributed by atoms with Crippen LogP contribution in [0.5, 0.6) is 0 Å². The van der Waals surface area contributed by atoms with Crippen LogP contribution < -0.4 is 0 Å². The Morgan fingerprint density at radius 3 is 2.62 bits per heavy atom. The van der Waals surface area contributed by atoms with Crippen molar-refractivity contribution in [3.05, 3.63) is 12.7 Å². The Morgan fingerprint density at radius 1 is 1.46 bits per heavy atom. The number of nitrogens with zero attached hydrogens (tertiary/aromatic N) is 3. The highest BCUT2D eigenvalue weighted by Gasteiger charge is 2.21. The van der Waals surface area contributed by atoms with E-state index in [9.17, 15) is 5.11 Å². The quantitative estimate of drug-likeness (QED) is 0.762. The Bertz CT molecular complexity index is 238. The molecule has 1 N–H and O–H groups in total. The van der Waals surface area contributed by atoms with Gasteiger partial charge in [-0.05, 0) is 11.8 Å². The lowest BCUT2D eigenvalue weighted by Crippen LogP contribution is -2.27. The summed E-state index contributed by atoms with van der Waals surface area (Å²) in [5.74, 6) is 0. The lowest BCUT2D eigenvalue weighted by atomic mass is 9.87. The second-order valence-corrected chi connectivity index (χ2v) is 4.33. The monoisotopic (exact) mass is 183 g/mol. The zero-order valence-electron chi connectivity index (χ0n) is 8.44. The molecule has 0 amide bonds. The summed E-state index contributed by atoms with van der Waals surface area (Å²) in [7, 11) is 0. The van der Waals surface area contributed by atoms with Gasteiger partial charge in [-0.15, -0.1) is 0 Å². The molecular weight excluding hydrogens is 166 g/mol. The SMILES string of the molecule is CC(C)(C)C(O)CCn1cncn1. The van der Waals surface area contributed by atoms with E-state index in [0.717, 1.165) is 6.54 Å². The summed E-state index contributed by atoms with van der Waals surface area (Å²) in [5.41, 5.74) is -0.0550. The number of hydrogen-bond donors (Lipinski definition) is 1. The minimum Gasteiger partial charge on any atom is -0.393 e. The van der Waals surface area contributed by atoms with Gasteiger partial charge in [0.1, 0.15) is 12.7 Å². The second kappa shape index (κ2) is 3.87. The van der Waals surface area contributed by atoms with Gasteiger partial charge in [-0.25, -0.2) is 4.98 Å². The molecule has 1 unspecified atom stereocenters. The molecule has 0 aliphatic rings. The fourth-order valence-electron chi connectivity index (χ4n) is 1.04. The molecule has 1 atom stereocenters. The number of aliphatic hydroxyl groups is 1. The molecule has 1 heterocycles. The van der Waals surface area contributed by atoms with E-state index in [1.54, 1.807) is 11.0 Å². The summed E-state index contributed by atoms with van der Waals surface area (Å²) in [6.45, 7) is 6.80. The van der Waals surface area contributed by atoms with Crippen molar-refractivity contribution < 1.29 is 5.11 Å². The Kier molecular flexibility index (Phi) is 3.03. The van der Waals surface area contributed by atoms with Gasteiger partial charge >= 0.3 is 0 Å². The zero-order valence-corrected chi connectivity index (χ0v) is 8.44. The van der Waals surface area contributed by atoms with Crippen LogP contribution in [0.1, 0.15) is 27.2 Å². The van der Waals surface area contributed by atoms with E-state index in [1.807, 2.05) is 20.8 Å². The molecular formula is C9H17N3O. The minimum absolute atomic E-state index is 0.0550. The molecule has 0 aliphatic carbocycles. The van der Waals surface area contributed by atoms with Gasteiger partial charge in [-0.3, -0.25) is 4.68 Å². The molecule has 0 saturated carbocycles. The summed E-state index contributed by atoms with van der Waals surface area (Å²) in [6, 6.07) is 0. The summed E-state index contributed by atoms with van der Waals surface area (Å²) in [4.78, 5) is 3.83. The van der Waals surface area contributed by atoms with E-state index < -0.39 is 0 Å². The molecule has 0 aromatic carbocycles. The van der Waals surface area contributed by atoms with Crippen LogP contribution in [-0.2, 0) is 6.54 Å². The molecule has 1 aromatic heterocycles. The van der Waals surface area contributed by atoms with Crippen molar-refractivity contribution >= 4 is 0 Å². The van der Waals surface area contributed by atoms with E-state index in [2.05, 4.69) is 10.1 Å². The molecule has 0 saturated heterocycles. The van der Waals surface area contributed by atoms with Crippen molar-refractivity contribution in [2.75, 3.05) is 0 Å². The molecule has 74 valence electrons. The number of aromatic nitrogens is 3. The fourth-order valence-corrected chi connectivity index (χ4v) is 1.04. The maximum atomic E-state index is 9.72. The van der Waals surface area contributed by atoms with Crippen LogP contribution in [0, 0.1) is 5.41 Å². The Morgan fingerprint density at radius 2 is 2.15 bits per heavy atom. The maximum Gasteiger partial charge on any atom is 0.137 e. The van der Waals surface area contributed by atoms with Gasteiger partial charge in [-0.1, -0.05) is 20.8 Å². The molecule has 1 aromatic rings. The maximum absolute atomic E-state index is 9.72. The molecule has 4 nitrogen and oxygen atoms in total. The first-order valence-electron chi connectivity index (χ1n) is 4.50. The van der Waals surface area contributed by atoms with Crippen molar-refractivity contribution in [3.63, 3.8) is 0 Å². The summed E-state index contributed by atoms with van der Waals surface area (Å²) in [5, 5.41) is 13.7. The average molecular weight is 183 g/mol. The normalized spacial score (nSPS) is 14.5. The minimum atomic E-state index is -0.295. The van der Waals surface area contributed by atoms with E-state index in [1.165, 1.54) is 6.33 Å². The van der Waals surface area contributed by atoms with Crippen LogP contribution in [0.4, 0.5) is 0 Å². The Labute approximate surface area is 78.6 Å². The van der Waals surface area contributed by atoms with Crippen LogP contribution in [0.25, 0.3) is 0 Å². The topological polar surface area (TPSA) is 50.9 Å². The third kappa shape index (κ3) is 3.14.